The van der Waals surface area contributed by atoms with Gasteiger partial charge < -0.3 is 9.80 Å². The number of rotatable bonds is 3. The molecule has 0 N–H and O–H groups in total. The standard InChI is InChI=1S/C21H30N4O2/c1-15(2)24-11-18-12-25(19(26)17-8-16(3)9-22-10-17)14-21(18,13-24)20(27)23-6-4-5-7-23/h8-10,15,18H,4-7,11-14H2,1-3H3/t18-,21-/m0/s1. The molecule has 3 saturated heterocycles. The second-order valence-corrected chi connectivity index (χ2v) is 8.81. The van der Waals surface area contributed by atoms with E-state index in [1.54, 1.807) is 12.4 Å². The number of nitrogens with zero attached hydrogens (tertiary/aromatic N) is 4. The van der Waals surface area contributed by atoms with E-state index >= 15 is 0 Å². The Bertz CT molecular complexity index is 743. The van der Waals surface area contributed by atoms with Crippen molar-refractivity contribution in [1.82, 2.24) is 19.7 Å². The molecule has 2 amide bonds. The largest absolute Gasteiger partial charge is 0.342 e. The first-order valence-corrected chi connectivity index (χ1v) is 10.1. The van der Waals surface area contributed by atoms with Gasteiger partial charge in [-0.3, -0.25) is 19.5 Å². The number of hydrogen-bond acceptors (Lipinski definition) is 4. The van der Waals surface area contributed by atoms with Gasteiger partial charge in [0, 0.05) is 63.6 Å². The summed E-state index contributed by atoms with van der Waals surface area (Å²) < 4.78 is 0. The van der Waals surface area contributed by atoms with Crippen LogP contribution in [0.5, 0.6) is 0 Å². The van der Waals surface area contributed by atoms with Crippen molar-refractivity contribution in [2.75, 3.05) is 39.3 Å². The Balaban J connectivity index is 1.60. The molecule has 0 aromatic carbocycles. The summed E-state index contributed by atoms with van der Waals surface area (Å²) in [5.74, 6) is 0.492. The maximum Gasteiger partial charge on any atom is 0.255 e. The molecule has 1 aromatic heterocycles. The van der Waals surface area contributed by atoms with Crippen molar-refractivity contribution >= 4 is 11.8 Å². The number of hydrogen-bond donors (Lipinski definition) is 0. The molecule has 0 spiro atoms. The van der Waals surface area contributed by atoms with Crippen LogP contribution in [0.25, 0.3) is 0 Å². The highest BCUT2D eigenvalue weighted by Crippen LogP contribution is 2.45. The van der Waals surface area contributed by atoms with Crippen LogP contribution in [0.1, 0.15) is 42.6 Å². The Morgan fingerprint density at radius 2 is 1.85 bits per heavy atom. The van der Waals surface area contributed by atoms with Crippen LogP contribution in [0, 0.1) is 18.3 Å². The summed E-state index contributed by atoms with van der Waals surface area (Å²) >= 11 is 0. The summed E-state index contributed by atoms with van der Waals surface area (Å²) in [7, 11) is 0. The van der Waals surface area contributed by atoms with E-state index in [4.69, 9.17) is 0 Å². The molecule has 0 saturated carbocycles. The molecule has 6 heteroatoms. The highest BCUT2D eigenvalue weighted by atomic mass is 16.2. The predicted octanol–water partition coefficient (Wildman–Crippen LogP) is 1.79. The van der Waals surface area contributed by atoms with Crippen molar-refractivity contribution in [1.29, 1.82) is 0 Å². The number of carbonyl (C=O) groups is 2. The number of aromatic nitrogens is 1. The summed E-state index contributed by atoms with van der Waals surface area (Å²) in [4.78, 5) is 37.1. The van der Waals surface area contributed by atoms with Crippen LogP contribution >= 0.6 is 0 Å². The first-order chi connectivity index (χ1) is 12.9. The Morgan fingerprint density at radius 1 is 1.11 bits per heavy atom. The lowest BCUT2D eigenvalue weighted by molar-refractivity contribution is -0.141. The maximum atomic E-state index is 13.5. The van der Waals surface area contributed by atoms with Crippen molar-refractivity contribution in [2.45, 2.75) is 39.7 Å². The van der Waals surface area contributed by atoms with Crippen LogP contribution in [-0.4, -0.2) is 76.8 Å². The highest BCUT2D eigenvalue weighted by molar-refractivity contribution is 5.95. The molecule has 146 valence electrons. The monoisotopic (exact) mass is 370 g/mol. The lowest BCUT2D eigenvalue weighted by atomic mass is 9.79. The summed E-state index contributed by atoms with van der Waals surface area (Å²) in [5.41, 5.74) is 1.16. The fraction of sp³-hybridized carbons (Fsp3) is 0.667. The van der Waals surface area contributed by atoms with E-state index < -0.39 is 5.41 Å². The van der Waals surface area contributed by atoms with Crippen molar-refractivity contribution in [3.8, 4) is 0 Å². The average Bonchev–Trinajstić information content (AvgIpc) is 3.35. The third-order valence-corrected chi connectivity index (χ3v) is 6.59. The van der Waals surface area contributed by atoms with Crippen LogP contribution in [0.15, 0.2) is 18.5 Å². The molecule has 6 nitrogen and oxygen atoms in total. The molecule has 4 heterocycles. The molecule has 3 aliphatic rings. The second kappa shape index (κ2) is 6.89. The molecule has 4 rings (SSSR count). The normalized spacial score (nSPS) is 28.2. The minimum Gasteiger partial charge on any atom is -0.342 e. The van der Waals surface area contributed by atoms with Crippen LogP contribution in [0.3, 0.4) is 0 Å². The third-order valence-electron chi connectivity index (χ3n) is 6.59. The summed E-state index contributed by atoms with van der Waals surface area (Å²) in [6.07, 6.45) is 5.59. The lowest BCUT2D eigenvalue weighted by Gasteiger charge is -2.33. The maximum absolute atomic E-state index is 13.5. The molecular weight excluding hydrogens is 340 g/mol. The second-order valence-electron chi connectivity index (χ2n) is 8.81. The van der Waals surface area contributed by atoms with E-state index in [0.29, 0.717) is 24.7 Å². The van der Waals surface area contributed by atoms with Crippen LogP contribution in [0.2, 0.25) is 0 Å². The van der Waals surface area contributed by atoms with Gasteiger partial charge in [0.1, 0.15) is 0 Å². The molecule has 3 fully saturated rings. The summed E-state index contributed by atoms with van der Waals surface area (Å²) in [6.45, 7) is 10.9. The lowest BCUT2D eigenvalue weighted by Crippen LogP contribution is -2.49. The SMILES string of the molecule is Cc1cncc(C(=O)N2C[C@@H]3CN(C(C)C)C[C@]3(C(=O)N3CCCC3)C2)c1. The van der Waals surface area contributed by atoms with Gasteiger partial charge >= 0.3 is 0 Å². The number of carbonyl (C=O) groups excluding carboxylic acids is 2. The van der Waals surface area contributed by atoms with Gasteiger partial charge in [-0.2, -0.15) is 0 Å². The number of likely N-dealkylation sites (tertiary alicyclic amines) is 3. The number of fused-ring (bicyclic) bond motifs is 1. The predicted molar refractivity (Wildman–Crippen MR) is 103 cm³/mol. The van der Waals surface area contributed by atoms with E-state index in [1.165, 1.54) is 0 Å². The molecule has 0 radical (unpaired) electrons. The molecule has 2 atom stereocenters. The van der Waals surface area contributed by atoms with E-state index in [1.807, 2.05) is 22.8 Å². The van der Waals surface area contributed by atoms with Gasteiger partial charge in [0.05, 0.1) is 11.0 Å². The van der Waals surface area contributed by atoms with Gasteiger partial charge in [-0.05, 0) is 45.2 Å². The molecular formula is C21H30N4O2. The Kier molecular flexibility index (Phi) is 4.70. The van der Waals surface area contributed by atoms with Crippen molar-refractivity contribution in [3.05, 3.63) is 29.6 Å². The molecule has 0 unspecified atom stereocenters. The Morgan fingerprint density at radius 3 is 2.52 bits per heavy atom. The minimum atomic E-state index is -0.443. The number of amides is 2. The molecule has 0 bridgehead atoms. The molecule has 27 heavy (non-hydrogen) atoms. The van der Waals surface area contributed by atoms with Gasteiger partial charge in [0.25, 0.3) is 5.91 Å². The molecule has 1 aromatic rings. The first-order valence-electron chi connectivity index (χ1n) is 10.1. The smallest absolute Gasteiger partial charge is 0.255 e. The van der Waals surface area contributed by atoms with Gasteiger partial charge in [-0.15, -0.1) is 0 Å². The zero-order valence-corrected chi connectivity index (χ0v) is 16.6. The van der Waals surface area contributed by atoms with Crippen molar-refractivity contribution < 1.29 is 9.59 Å². The third kappa shape index (κ3) is 3.14. The topological polar surface area (TPSA) is 56.8 Å². The van der Waals surface area contributed by atoms with Crippen molar-refractivity contribution in [2.24, 2.45) is 11.3 Å². The first kappa shape index (κ1) is 18.4. The zero-order valence-electron chi connectivity index (χ0n) is 16.6. The summed E-state index contributed by atoms with van der Waals surface area (Å²) in [5, 5.41) is 0. The Hall–Kier alpha value is -1.95. The number of pyridine rings is 1. The molecule has 3 aliphatic heterocycles. The fourth-order valence-corrected chi connectivity index (χ4v) is 5.04. The summed E-state index contributed by atoms with van der Waals surface area (Å²) in [6, 6.07) is 2.31. The van der Waals surface area contributed by atoms with E-state index in [-0.39, 0.29) is 17.7 Å². The fourth-order valence-electron chi connectivity index (χ4n) is 5.04. The number of aryl methyl sites for hydroxylation is 1. The van der Waals surface area contributed by atoms with Gasteiger partial charge in [0.15, 0.2) is 0 Å². The zero-order chi connectivity index (χ0) is 19.2. The van der Waals surface area contributed by atoms with E-state index in [9.17, 15) is 9.59 Å². The van der Waals surface area contributed by atoms with Crippen molar-refractivity contribution in [3.63, 3.8) is 0 Å². The van der Waals surface area contributed by atoms with Gasteiger partial charge in [-0.1, -0.05) is 0 Å². The van der Waals surface area contributed by atoms with Gasteiger partial charge in [0.2, 0.25) is 5.91 Å². The minimum absolute atomic E-state index is 0.00490. The highest BCUT2D eigenvalue weighted by Gasteiger charge is 2.59. The van der Waals surface area contributed by atoms with Crippen LogP contribution < -0.4 is 0 Å². The quantitative estimate of drug-likeness (QED) is 0.814. The van der Waals surface area contributed by atoms with Crippen LogP contribution in [-0.2, 0) is 4.79 Å². The van der Waals surface area contributed by atoms with E-state index in [0.717, 1.165) is 44.6 Å². The van der Waals surface area contributed by atoms with Crippen LogP contribution in [0.4, 0.5) is 0 Å². The van der Waals surface area contributed by atoms with E-state index in [2.05, 4.69) is 23.7 Å². The Labute approximate surface area is 161 Å². The molecule has 0 aliphatic carbocycles. The average molecular weight is 370 g/mol. The van der Waals surface area contributed by atoms with Gasteiger partial charge in [-0.25, -0.2) is 0 Å².